The van der Waals surface area contributed by atoms with Crippen LogP contribution in [-0.4, -0.2) is 36.1 Å². The minimum atomic E-state index is -1.77. The molecule has 3 N–H and O–H groups in total. The van der Waals surface area contributed by atoms with Crippen molar-refractivity contribution in [2.75, 3.05) is 13.7 Å². The molecule has 5 heteroatoms. The van der Waals surface area contributed by atoms with Gasteiger partial charge in [0.15, 0.2) is 5.78 Å². The molecule has 0 bridgehead atoms. The lowest BCUT2D eigenvalue weighted by Gasteiger charge is -2.17. The second-order valence-corrected chi connectivity index (χ2v) is 2.79. The molecule has 0 rings (SSSR count). The molecule has 0 spiro atoms. The molecule has 0 aliphatic carbocycles. The van der Waals surface area contributed by atoms with Gasteiger partial charge in [-0.2, -0.15) is 0 Å². The molecule has 1 unspecified atom stereocenters. The van der Waals surface area contributed by atoms with Gasteiger partial charge >= 0.3 is 0 Å². The first-order chi connectivity index (χ1) is 5.40. The second-order valence-electron chi connectivity index (χ2n) is 2.79. The van der Waals surface area contributed by atoms with Crippen LogP contribution in [0.3, 0.4) is 0 Å². The van der Waals surface area contributed by atoms with Crippen molar-refractivity contribution < 1.29 is 19.4 Å². The number of carbonyl (C=O) groups excluding carboxylic acids is 2. The second kappa shape index (κ2) is 4.18. The summed E-state index contributed by atoms with van der Waals surface area (Å²) >= 11 is 0. The van der Waals surface area contributed by atoms with Crippen molar-refractivity contribution in [3.05, 3.63) is 0 Å². The van der Waals surface area contributed by atoms with Crippen LogP contribution in [0, 0.1) is 0 Å². The van der Waals surface area contributed by atoms with E-state index in [-0.39, 0.29) is 18.8 Å². The number of aliphatic hydroxyl groups is 1. The normalized spacial score (nSPS) is 15.2. The van der Waals surface area contributed by atoms with Gasteiger partial charge < -0.3 is 15.6 Å². The zero-order valence-corrected chi connectivity index (χ0v) is 7.16. The standard InChI is InChI=1S/C7H13NO4/c1-7(11,6(8)10)3-5(9)4-12-2/h11H,3-4H2,1-2H3,(H2,8,10). The molecule has 0 saturated carbocycles. The Kier molecular flexibility index (Phi) is 3.85. The molecule has 0 aliphatic heterocycles. The number of carbonyl (C=O) groups is 2. The Bertz CT molecular complexity index is 188. The van der Waals surface area contributed by atoms with Gasteiger partial charge in [0, 0.05) is 13.5 Å². The number of rotatable bonds is 5. The van der Waals surface area contributed by atoms with E-state index in [1.165, 1.54) is 14.0 Å². The Labute approximate surface area is 70.5 Å². The molecule has 5 nitrogen and oxygen atoms in total. The Morgan fingerprint density at radius 3 is 2.42 bits per heavy atom. The quantitative estimate of drug-likeness (QED) is 0.550. The number of nitrogens with two attached hydrogens (primary N) is 1. The fourth-order valence-electron chi connectivity index (χ4n) is 0.683. The summed E-state index contributed by atoms with van der Waals surface area (Å²) in [7, 11) is 1.36. The number of ether oxygens (including phenoxy) is 1. The van der Waals surface area contributed by atoms with Crippen molar-refractivity contribution in [1.82, 2.24) is 0 Å². The molecule has 1 atom stereocenters. The molecule has 70 valence electrons. The summed E-state index contributed by atoms with van der Waals surface area (Å²) < 4.78 is 4.52. The van der Waals surface area contributed by atoms with Crippen LogP contribution in [0.1, 0.15) is 13.3 Å². The van der Waals surface area contributed by atoms with Crippen molar-refractivity contribution in [1.29, 1.82) is 0 Å². The van der Waals surface area contributed by atoms with Gasteiger partial charge in [-0.1, -0.05) is 0 Å². The topological polar surface area (TPSA) is 89.6 Å². The zero-order chi connectivity index (χ0) is 9.78. The van der Waals surface area contributed by atoms with Crippen LogP contribution >= 0.6 is 0 Å². The zero-order valence-electron chi connectivity index (χ0n) is 7.16. The Hall–Kier alpha value is -0.940. The third kappa shape index (κ3) is 3.45. The summed E-state index contributed by atoms with van der Waals surface area (Å²) in [4.78, 5) is 21.4. The van der Waals surface area contributed by atoms with E-state index in [9.17, 15) is 14.7 Å². The average molecular weight is 175 g/mol. The highest BCUT2D eigenvalue weighted by Gasteiger charge is 2.30. The maximum atomic E-state index is 10.9. The predicted molar refractivity (Wildman–Crippen MR) is 41.3 cm³/mol. The van der Waals surface area contributed by atoms with Crippen LogP contribution in [0.4, 0.5) is 0 Å². The molecule has 0 saturated heterocycles. The van der Waals surface area contributed by atoms with Crippen LogP contribution in [0.2, 0.25) is 0 Å². The van der Waals surface area contributed by atoms with E-state index in [4.69, 9.17) is 5.73 Å². The molecule has 0 heterocycles. The average Bonchev–Trinajstić information content (AvgIpc) is 1.85. The molecule has 0 aliphatic rings. The van der Waals surface area contributed by atoms with E-state index >= 15 is 0 Å². The summed E-state index contributed by atoms with van der Waals surface area (Å²) in [6, 6.07) is 0. The van der Waals surface area contributed by atoms with Crippen molar-refractivity contribution in [2.45, 2.75) is 18.9 Å². The largest absolute Gasteiger partial charge is 0.380 e. The number of amides is 1. The highest BCUT2D eigenvalue weighted by Crippen LogP contribution is 2.08. The van der Waals surface area contributed by atoms with Crippen molar-refractivity contribution in [3.8, 4) is 0 Å². The van der Waals surface area contributed by atoms with Crippen molar-refractivity contribution in [2.24, 2.45) is 5.73 Å². The van der Waals surface area contributed by atoms with E-state index in [1.807, 2.05) is 0 Å². The lowest BCUT2D eigenvalue weighted by Crippen LogP contribution is -2.43. The number of ketones is 1. The van der Waals surface area contributed by atoms with E-state index in [2.05, 4.69) is 4.74 Å². The number of hydrogen-bond acceptors (Lipinski definition) is 4. The third-order valence-corrected chi connectivity index (χ3v) is 1.38. The smallest absolute Gasteiger partial charge is 0.249 e. The minimum Gasteiger partial charge on any atom is -0.380 e. The van der Waals surface area contributed by atoms with Gasteiger partial charge in [0.1, 0.15) is 12.2 Å². The first kappa shape index (κ1) is 11.1. The lowest BCUT2D eigenvalue weighted by atomic mass is 9.99. The first-order valence-electron chi connectivity index (χ1n) is 3.43. The van der Waals surface area contributed by atoms with Crippen molar-refractivity contribution >= 4 is 11.7 Å². The summed E-state index contributed by atoms with van der Waals surface area (Å²) in [5, 5.41) is 9.24. The highest BCUT2D eigenvalue weighted by molar-refractivity contribution is 5.90. The van der Waals surface area contributed by atoms with E-state index in [0.717, 1.165) is 0 Å². The van der Waals surface area contributed by atoms with E-state index < -0.39 is 11.5 Å². The van der Waals surface area contributed by atoms with Crippen LogP contribution in [-0.2, 0) is 14.3 Å². The van der Waals surface area contributed by atoms with Gasteiger partial charge in [0.05, 0.1) is 0 Å². The Morgan fingerprint density at radius 2 is 2.08 bits per heavy atom. The van der Waals surface area contributed by atoms with Crippen LogP contribution in [0.25, 0.3) is 0 Å². The summed E-state index contributed by atoms with van der Waals surface area (Å²) in [5.41, 5.74) is 3.06. The van der Waals surface area contributed by atoms with E-state index in [1.54, 1.807) is 0 Å². The lowest BCUT2D eigenvalue weighted by molar-refractivity contribution is -0.141. The van der Waals surface area contributed by atoms with Gasteiger partial charge in [0.25, 0.3) is 0 Å². The molecule has 0 aromatic rings. The van der Waals surface area contributed by atoms with Gasteiger partial charge in [-0.25, -0.2) is 0 Å². The Morgan fingerprint density at radius 1 is 1.58 bits per heavy atom. The molecule has 0 aromatic heterocycles. The monoisotopic (exact) mass is 175 g/mol. The first-order valence-corrected chi connectivity index (χ1v) is 3.43. The SMILES string of the molecule is COCC(=O)CC(C)(O)C(N)=O. The molecule has 0 aromatic carbocycles. The molecule has 0 fully saturated rings. The number of hydrogen-bond donors (Lipinski definition) is 2. The number of primary amides is 1. The summed E-state index contributed by atoms with van der Waals surface area (Å²) in [6.07, 6.45) is -0.309. The van der Waals surface area contributed by atoms with Gasteiger partial charge in [0.2, 0.25) is 5.91 Å². The fourth-order valence-corrected chi connectivity index (χ4v) is 0.683. The fraction of sp³-hybridized carbons (Fsp3) is 0.714. The predicted octanol–water partition coefficient (Wildman–Crippen LogP) is -1.17. The highest BCUT2D eigenvalue weighted by atomic mass is 16.5. The van der Waals surface area contributed by atoms with Crippen LogP contribution < -0.4 is 5.73 Å². The molecule has 0 radical (unpaired) electrons. The molecule has 12 heavy (non-hydrogen) atoms. The van der Waals surface area contributed by atoms with Gasteiger partial charge in [-0.15, -0.1) is 0 Å². The van der Waals surface area contributed by atoms with Crippen LogP contribution in [0.15, 0.2) is 0 Å². The Balaban J connectivity index is 4.06. The van der Waals surface area contributed by atoms with E-state index in [0.29, 0.717) is 0 Å². The maximum absolute atomic E-state index is 10.9. The van der Waals surface area contributed by atoms with Gasteiger partial charge in [-0.3, -0.25) is 9.59 Å². The summed E-state index contributed by atoms with van der Waals surface area (Å²) in [6.45, 7) is 1.08. The molecule has 1 amide bonds. The third-order valence-electron chi connectivity index (χ3n) is 1.38. The van der Waals surface area contributed by atoms with Gasteiger partial charge in [-0.05, 0) is 6.92 Å². The van der Waals surface area contributed by atoms with Crippen LogP contribution in [0.5, 0.6) is 0 Å². The molecular weight excluding hydrogens is 162 g/mol. The minimum absolute atomic E-state index is 0.122. The number of methoxy groups -OCH3 is 1. The van der Waals surface area contributed by atoms with Crippen molar-refractivity contribution in [3.63, 3.8) is 0 Å². The summed E-state index contributed by atoms with van der Waals surface area (Å²) in [5.74, 6) is -1.27. The number of Topliss-reactive ketones (excluding diaryl/α,β-unsaturated/α-hetero) is 1. The maximum Gasteiger partial charge on any atom is 0.249 e. The molecular formula is C7H13NO4.